The van der Waals surface area contributed by atoms with Crippen LogP contribution in [0.1, 0.15) is 22.7 Å². The number of hydrogen-bond acceptors (Lipinski definition) is 4. The van der Waals surface area contributed by atoms with Gasteiger partial charge in [-0.25, -0.2) is 4.39 Å². The van der Waals surface area contributed by atoms with Gasteiger partial charge in [0.2, 0.25) is 0 Å². The number of carbonyl (C=O) groups excluding carboxylic acids is 1. The Morgan fingerprint density at radius 3 is 2.71 bits per heavy atom. The Morgan fingerprint density at radius 1 is 1.12 bits per heavy atom. The molecule has 0 spiro atoms. The first-order valence-corrected chi connectivity index (χ1v) is 8.07. The topological polar surface area (TPSA) is 45.9 Å². The second kappa shape index (κ2) is 7.49. The fourth-order valence-electron chi connectivity index (χ4n) is 2.66. The van der Waals surface area contributed by atoms with Gasteiger partial charge in [0.1, 0.15) is 23.9 Å². The van der Waals surface area contributed by atoms with Crippen LogP contribution in [0.25, 0.3) is 0 Å². The van der Waals surface area contributed by atoms with Crippen LogP contribution < -0.4 is 4.74 Å². The molecular formula is C18H21FN2O3. The first kappa shape index (κ1) is 16.5. The molecule has 128 valence electrons. The van der Waals surface area contributed by atoms with Crippen molar-refractivity contribution in [2.45, 2.75) is 13.0 Å². The van der Waals surface area contributed by atoms with Crippen LogP contribution in [-0.4, -0.2) is 48.9 Å². The maximum absolute atomic E-state index is 12.9. The van der Waals surface area contributed by atoms with Gasteiger partial charge < -0.3 is 19.0 Å². The molecule has 0 unspecified atom stereocenters. The molecule has 2 heterocycles. The Labute approximate surface area is 140 Å². The highest BCUT2D eigenvalue weighted by Gasteiger charge is 2.21. The van der Waals surface area contributed by atoms with Gasteiger partial charge in [-0.2, -0.15) is 0 Å². The lowest BCUT2D eigenvalue weighted by Crippen LogP contribution is -2.34. The van der Waals surface area contributed by atoms with Crippen LogP contribution in [-0.2, 0) is 6.61 Å². The van der Waals surface area contributed by atoms with E-state index in [2.05, 4.69) is 11.9 Å². The predicted octanol–water partition coefficient (Wildman–Crippen LogP) is 2.78. The molecule has 0 N–H and O–H groups in total. The molecule has 1 aromatic heterocycles. The Morgan fingerprint density at radius 2 is 1.92 bits per heavy atom. The molecule has 5 nitrogen and oxygen atoms in total. The summed E-state index contributed by atoms with van der Waals surface area (Å²) in [5.74, 6) is 1.05. The summed E-state index contributed by atoms with van der Waals surface area (Å²) in [6.45, 7) is 3.51. The van der Waals surface area contributed by atoms with Crippen LogP contribution in [0.3, 0.4) is 0 Å². The molecule has 1 aliphatic rings. The van der Waals surface area contributed by atoms with Crippen molar-refractivity contribution in [1.82, 2.24) is 9.80 Å². The molecule has 0 saturated carbocycles. The van der Waals surface area contributed by atoms with Crippen LogP contribution in [0, 0.1) is 5.82 Å². The third-order valence-corrected chi connectivity index (χ3v) is 4.07. The normalized spacial score (nSPS) is 16.0. The minimum absolute atomic E-state index is 0.0849. The zero-order valence-corrected chi connectivity index (χ0v) is 13.7. The van der Waals surface area contributed by atoms with E-state index in [0.717, 1.165) is 26.1 Å². The standard InChI is InChI=1S/C18H21FN2O3/c1-20-9-2-10-21(12-11-20)18(22)17-8-7-16(24-17)13-23-15-5-3-14(19)4-6-15/h3-8H,2,9-13H2,1H3. The maximum Gasteiger partial charge on any atom is 0.289 e. The minimum Gasteiger partial charge on any atom is -0.486 e. The lowest BCUT2D eigenvalue weighted by atomic mass is 10.3. The summed E-state index contributed by atoms with van der Waals surface area (Å²) in [7, 11) is 2.06. The molecule has 1 aromatic carbocycles. The van der Waals surface area contributed by atoms with Gasteiger partial charge in [-0.05, 0) is 56.4 Å². The molecular weight excluding hydrogens is 311 g/mol. The summed E-state index contributed by atoms with van der Waals surface area (Å²) < 4.78 is 24.0. The molecule has 0 aliphatic carbocycles. The average molecular weight is 332 g/mol. The summed E-state index contributed by atoms with van der Waals surface area (Å²) >= 11 is 0. The average Bonchev–Trinajstić information content (AvgIpc) is 2.95. The van der Waals surface area contributed by atoms with Gasteiger partial charge in [-0.3, -0.25) is 4.79 Å². The first-order chi connectivity index (χ1) is 11.6. The predicted molar refractivity (Wildman–Crippen MR) is 87.5 cm³/mol. The second-order valence-corrected chi connectivity index (χ2v) is 5.96. The largest absolute Gasteiger partial charge is 0.486 e. The summed E-state index contributed by atoms with van der Waals surface area (Å²) in [4.78, 5) is 16.6. The third-order valence-electron chi connectivity index (χ3n) is 4.07. The fraction of sp³-hybridized carbons (Fsp3) is 0.389. The van der Waals surface area contributed by atoms with Crippen molar-refractivity contribution in [1.29, 1.82) is 0 Å². The van der Waals surface area contributed by atoms with E-state index in [1.807, 2.05) is 4.90 Å². The van der Waals surface area contributed by atoms with E-state index in [4.69, 9.17) is 9.15 Å². The SMILES string of the molecule is CN1CCCN(C(=O)c2ccc(COc3ccc(F)cc3)o2)CC1. The van der Waals surface area contributed by atoms with E-state index >= 15 is 0 Å². The highest BCUT2D eigenvalue weighted by Crippen LogP contribution is 2.16. The van der Waals surface area contributed by atoms with Crippen LogP contribution in [0.15, 0.2) is 40.8 Å². The van der Waals surface area contributed by atoms with Crippen molar-refractivity contribution < 1.29 is 18.3 Å². The van der Waals surface area contributed by atoms with Crippen LogP contribution in [0.2, 0.25) is 0 Å². The highest BCUT2D eigenvalue weighted by atomic mass is 19.1. The zero-order chi connectivity index (χ0) is 16.9. The monoisotopic (exact) mass is 332 g/mol. The van der Waals surface area contributed by atoms with Gasteiger partial charge in [0.25, 0.3) is 5.91 Å². The summed E-state index contributed by atoms with van der Waals surface area (Å²) in [5, 5.41) is 0. The summed E-state index contributed by atoms with van der Waals surface area (Å²) in [6, 6.07) is 9.20. The minimum atomic E-state index is -0.309. The Hall–Kier alpha value is -2.34. The number of benzene rings is 1. The van der Waals surface area contributed by atoms with Crippen molar-refractivity contribution in [3.8, 4) is 5.75 Å². The highest BCUT2D eigenvalue weighted by molar-refractivity contribution is 5.91. The number of hydrogen-bond donors (Lipinski definition) is 0. The molecule has 6 heteroatoms. The molecule has 1 fully saturated rings. The zero-order valence-electron chi connectivity index (χ0n) is 13.7. The van der Waals surface area contributed by atoms with Crippen molar-refractivity contribution >= 4 is 5.91 Å². The molecule has 1 aliphatic heterocycles. The van der Waals surface area contributed by atoms with Crippen molar-refractivity contribution in [2.24, 2.45) is 0 Å². The molecule has 24 heavy (non-hydrogen) atoms. The van der Waals surface area contributed by atoms with E-state index in [0.29, 0.717) is 23.8 Å². The van der Waals surface area contributed by atoms with Gasteiger partial charge in [0.15, 0.2) is 5.76 Å². The van der Waals surface area contributed by atoms with Gasteiger partial charge in [0.05, 0.1) is 0 Å². The molecule has 2 aromatic rings. The van der Waals surface area contributed by atoms with Crippen LogP contribution >= 0.6 is 0 Å². The summed E-state index contributed by atoms with van der Waals surface area (Å²) in [6.07, 6.45) is 0.962. The van der Waals surface area contributed by atoms with Gasteiger partial charge in [0, 0.05) is 19.6 Å². The fourth-order valence-corrected chi connectivity index (χ4v) is 2.66. The first-order valence-electron chi connectivity index (χ1n) is 8.07. The number of furan rings is 1. The van der Waals surface area contributed by atoms with Crippen LogP contribution in [0.5, 0.6) is 5.75 Å². The second-order valence-electron chi connectivity index (χ2n) is 5.96. The molecule has 0 atom stereocenters. The van der Waals surface area contributed by atoms with E-state index in [1.165, 1.54) is 12.1 Å². The van der Waals surface area contributed by atoms with Crippen molar-refractivity contribution in [2.75, 3.05) is 33.2 Å². The van der Waals surface area contributed by atoms with Crippen LogP contribution in [0.4, 0.5) is 4.39 Å². The lowest BCUT2D eigenvalue weighted by Gasteiger charge is -2.19. The Kier molecular flexibility index (Phi) is 5.15. The van der Waals surface area contributed by atoms with E-state index in [1.54, 1.807) is 24.3 Å². The molecule has 3 rings (SSSR count). The van der Waals surface area contributed by atoms with Crippen molar-refractivity contribution in [3.63, 3.8) is 0 Å². The number of rotatable bonds is 4. The number of halogens is 1. The van der Waals surface area contributed by atoms with E-state index < -0.39 is 0 Å². The number of carbonyl (C=O) groups is 1. The summed E-state index contributed by atoms with van der Waals surface area (Å²) in [5.41, 5.74) is 0. The smallest absolute Gasteiger partial charge is 0.289 e. The van der Waals surface area contributed by atoms with E-state index in [9.17, 15) is 9.18 Å². The third kappa shape index (κ3) is 4.14. The number of likely N-dealkylation sites (N-methyl/N-ethyl adjacent to an activating group) is 1. The van der Waals surface area contributed by atoms with E-state index in [-0.39, 0.29) is 18.3 Å². The number of ether oxygens (including phenoxy) is 1. The maximum atomic E-state index is 12.9. The molecule has 0 bridgehead atoms. The quantitative estimate of drug-likeness (QED) is 0.864. The molecule has 1 saturated heterocycles. The van der Waals surface area contributed by atoms with Gasteiger partial charge in [-0.1, -0.05) is 0 Å². The number of nitrogens with zero attached hydrogens (tertiary/aromatic N) is 2. The molecule has 0 radical (unpaired) electrons. The Balaban J connectivity index is 1.58. The lowest BCUT2D eigenvalue weighted by molar-refractivity contribution is 0.0726. The van der Waals surface area contributed by atoms with Gasteiger partial charge >= 0.3 is 0 Å². The Bertz CT molecular complexity index is 684. The molecule has 1 amide bonds. The van der Waals surface area contributed by atoms with Gasteiger partial charge in [-0.15, -0.1) is 0 Å². The number of amides is 1. The van der Waals surface area contributed by atoms with Crippen molar-refractivity contribution in [3.05, 3.63) is 53.7 Å².